The first kappa shape index (κ1) is 26.9. The summed E-state index contributed by atoms with van der Waals surface area (Å²) in [7, 11) is 0. The first-order valence-electron chi connectivity index (χ1n) is 15.4. The zero-order valence-electron chi connectivity index (χ0n) is 25.3. The molecule has 0 unspecified atom stereocenters. The minimum absolute atomic E-state index is 0.0280. The summed E-state index contributed by atoms with van der Waals surface area (Å²) in [6.45, 7) is 4.65. The number of benzene rings is 5. The van der Waals surface area contributed by atoms with Crippen molar-refractivity contribution in [1.29, 1.82) is 0 Å². The summed E-state index contributed by atoms with van der Waals surface area (Å²) in [6, 6.07) is 49.3. The van der Waals surface area contributed by atoms with Crippen LogP contribution in [0.25, 0.3) is 67.3 Å². The summed E-state index contributed by atoms with van der Waals surface area (Å²) in [6.07, 6.45) is 3.64. The molecule has 214 valence electrons. The lowest BCUT2D eigenvalue weighted by atomic mass is 9.81. The van der Waals surface area contributed by atoms with Gasteiger partial charge < -0.3 is 0 Å². The Morgan fingerprint density at radius 2 is 1.02 bits per heavy atom. The molecular formula is C42H31N3. The van der Waals surface area contributed by atoms with E-state index in [2.05, 4.69) is 140 Å². The van der Waals surface area contributed by atoms with Crippen molar-refractivity contribution in [3.8, 4) is 67.3 Å². The third-order valence-electron chi connectivity index (χ3n) is 9.01. The summed E-state index contributed by atoms with van der Waals surface area (Å²) in [5.74, 6) is 0.689. The van der Waals surface area contributed by atoms with Crippen molar-refractivity contribution in [2.24, 2.45) is 0 Å². The van der Waals surface area contributed by atoms with Crippen LogP contribution in [-0.4, -0.2) is 15.0 Å². The molecule has 7 aromatic rings. The Bertz CT molecular complexity index is 2170. The Labute approximate surface area is 264 Å². The second-order valence-electron chi connectivity index (χ2n) is 12.2. The standard InChI is InChI=1S/C42H31N3/c1-42(2)37-16-7-6-15-35(37)36-22-21-32(25-38(36)42)29-17-19-30(20-18-29)39-26-40(34-14-9-23-43-27-34)45-41(44-39)33-13-8-12-31(24-33)28-10-4-3-5-11-28/h3-27H,1-2H3. The number of aromatic nitrogens is 3. The van der Waals surface area contributed by atoms with E-state index >= 15 is 0 Å². The van der Waals surface area contributed by atoms with Gasteiger partial charge in [0, 0.05) is 34.5 Å². The minimum atomic E-state index is -0.0280. The normalized spacial score (nSPS) is 12.8. The molecule has 8 rings (SSSR count). The van der Waals surface area contributed by atoms with Crippen LogP contribution in [0.3, 0.4) is 0 Å². The fourth-order valence-electron chi connectivity index (χ4n) is 6.57. The molecule has 1 aliphatic rings. The van der Waals surface area contributed by atoms with Crippen molar-refractivity contribution in [3.63, 3.8) is 0 Å². The van der Waals surface area contributed by atoms with Gasteiger partial charge in [0.2, 0.25) is 0 Å². The maximum atomic E-state index is 5.09. The molecule has 0 bridgehead atoms. The molecule has 0 amide bonds. The van der Waals surface area contributed by atoms with Gasteiger partial charge in [0.25, 0.3) is 0 Å². The predicted octanol–water partition coefficient (Wildman–Crippen LogP) is 10.5. The van der Waals surface area contributed by atoms with Gasteiger partial charge in [-0.2, -0.15) is 0 Å². The van der Waals surface area contributed by atoms with Crippen LogP contribution in [0.2, 0.25) is 0 Å². The van der Waals surface area contributed by atoms with E-state index in [9.17, 15) is 0 Å². The van der Waals surface area contributed by atoms with E-state index in [0.717, 1.165) is 39.2 Å². The Morgan fingerprint density at radius 1 is 0.422 bits per heavy atom. The quantitative estimate of drug-likeness (QED) is 0.204. The van der Waals surface area contributed by atoms with Gasteiger partial charge in [-0.05, 0) is 74.8 Å². The third-order valence-corrected chi connectivity index (χ3v) is 9.01. The fraction of sp³-hybridized carbons (Fsp3) is 0.0714. The minimum Gasteiger partial charge on any atom is -0.264 e. The largest absolute Gasteiger partial charge is 0.264 e. The third kappa shape index (κ3) is 4.83. The van der Waals surface area contributed by atoms with Crippen LogP contribution in [-0.2, 0) is 5.41 Å². The highest BCUT2D eigenvalue weighted by Gasteiger charge is 2.35. The van der Waals surface area contributed by atoms with E-state index in [0.29, 0.717) is 5.82 Å². The molecule has 0 saturated carbocycles. The first-order chi connectivity index (χ1) is 22.0. The predicted molar refractivity (Wildman–Crippen MR) is 185 cm³/mol. The summed E-state index contributed by atoms with van der Waals surface area (Å²) in [5, 5.41) is 0. The van der Waals surface area contributed by atoms with Crippen molar-refractivity contribution in [2.75, 3.05) is 0 Å². The van der Waals surface area contributed by atoms with E-state index in [1.54, 1.807) is 6.20 Å². The van der Waals surface area contributed by atoms with Gasteiger partial charge in [0.15, 0.2) is 5.82 Å². The lowest BCUT2D eigenvalue weighted by Gasteiger charge is -2.22. The number of nitrogens with zero attached hydrogens (tertiary/aromatic N) is 3. The van der Waals surface area contributed by atoms with Crippen molar-refractivity contribution in [1.82, 2.24) is 15.0 Å². The smallest absolute Gasteiger partial charge is 0.160 e. The van der Waals surface area contributed by atoms with Gasteiger partial charge in [-0.25, -0.2) is 9.97 Å². The summed E-state index contributed by atoms with van der Waals surface area (Å²) in [5.41, 5.74) is 14.8. The van der Waals surface area contributed by atoms with Crippen LogP contribution >= 0.6 is 0 Å². The topological polar surface area (TPSA) is 38.7 Å². The summed E-state index contributed by atoms with van der Waals surface area (Å²) >= 11 is 0. The summed E-state index contributed by atoms with van der Waals surface area (Å²) < 4.78 is 0. The average Bonchev–Trinajstić information content (AvgIpc) is 3.34. The van der Waals surface area contributed by atoms with Crippen LogP contribution in [0.5, 0.6) is 0 Å². The van der Waals surface area contributed by atoms with Crippen molar-refractivity contribution >= 4 is 0 Å². The molecule has 0 aliphatic heterocycles. The van der Waals surface area contributed by atoms with Gasteiger partial charge in [-0.3, -0.25) is 4.98 Å². The Kier molecular flexibility index (Phi) is 6.46. The lowest BCUT2D eigenvalue weighted by molar-refractivity contribution is 0.660. The van der Waals surface area contributed by atoms with Crippen LogP contribution in [0, 0.1) is 0 Å². The molecular weight excluding hydrogens is 546 g/mol. The van der Waals surface area contributed by atoms with Crippen LogP contribution in [0.4, 0.5) is 0 Å². The second kappa shape index (κ2) is 10.8. The highest BCUT2D eigenvalue weighted by atomic mass is 14.9. The molecule has 5 aromatic carbocycles. The SMILES string of the molecule is CC1(C)c2ccccc2-c2ccc(-c3ccc(-c4cc(-c5cccnc5)nc(-c5cccc(-c6ccccc6)c5)n4)cc3)cc21. The molecule has 3 heteroatoms. The van der Waals surface area contributed by atoms with E-state index in [-0.39, 0.29) is 5.41 Å². The maximum absolute atomic E-state index is 5.09. The first-order valence-corrected chi connectivity index (χ1v) is 15.4. The highest BCUT2D eigenvalue weighted by Crippen LogP contribution is 2.49. The molecule has 0 spiro atoms. The molecule has 3 nitrogen and oxygen atoms in total. The highest BCUT2D eigenvalue weighted by molar-refractivity contribution is 5.84. The number of fused-ring (bicyclic) bond motifs is 3. The lowest BCUT2D eigenvalue weighted by Crippen LogP contribution is -2.14. The van der Waals surface area contributed by atoms with E-state index in [1.807, 2.05) is 24.4 Å². The fourth-order valence-corrected chi connectivity index (χ4v) is 6.57. The number of hydrogen-bond donors (Lipinski definition) is 0. The molecule has 0 N–H and O–H groups in total. The van der Waals surface area contributed by atoms with Crippen LogP contribution in [0.15, 0.2) is 152 Å². The summed E-state index contributed by atoms with van der Waals surface area (Å²) in [4.78, 5) is 14.5. The molecule has 0 atom stereocenters. The van der Waals surface area contributed by atoms with E-state index in [1.165, 1.54) is 33.4 Å². The van der Waals surface area contributed by atoms with Crippen LogP contribution in [0.1, 0.15) is 25.0 Å². The Morgan fingerprint density at radius 3 is 1.82 bits per heavy atom. The molecule has 2 aromatic heterocycles. The molecule has 1 aliphatic carbocycles. The second-order valence-corrected chi connectivity index (χ2v) is 12.2. The number of hydrogen-bond acceptors (Lipinski definition) is 3. The van der Waals surface area contributed by atoms with Crippen molar-refractivity contribution < 1.29 is 0 Å². The molecule has 0 fully saturated rings. The van der Waals surface area contributed by atoms with Gasteiger partial charge in [0.05, 0.1) is 11.4 Å². The maximum Gasteiger partial charge on any atom is 0.160 e. The molecule has 2 heterocycles. The number of pyridine rings is 1. The van der Waals surface area contributed by atoms with E-state index in [4.69, 9.17) is 9.97 Å². The van der Waals surface area contributed by atoms with Crippen molar-refractivity contribution in [2.45, 2.75) is 19.3 Å². The monoisotopic (exact) mass is 577 g/mol. The van der Waals surface area contributed by atoms with Crippen molar-refractivity contribution in [3.05, 3.63) is 163 Å². The van der Waals surface area contributed by atoms with Gasteiger partial charge >= 0.3 is 0 Å². The Balaban J connectivity index is 1.18. The Hall–Kier alpha value is -5.67. The number of rotatable bonds is 5. The van der Waals surface area contributed by atoms with Gasteiger partial charge in [-0.15, -0.1) is 0 Å². The molecule has 0 saturated heterocycles. The molecule has 0 radical (unpaired) electrons. The van der Waals surface area contributed by atoms with Crippen LogP contribution < -0.4 is 0 Å². The average molecular weight is 578 g/mol. The van der Waals surface area contributed by atoms with Gasteiger partial charge in [-0.1, -0.05) is 123 Å². The molecule has 45 heavy (non-hydrogen) atoms. The van der Waals surface area contributed by atoms with Gasteiger partial charge in [0.1, 0.15) is 0 Å². The zero-order valence-corrected chi connectivity index (χ0v) is 25.3. The zero-order chi connectivity index (χ0) is 30.4. The van der Waals surface area contributed by atoms with E-state index < -0.39 is 0 Å².